The Balaban J connectivity index is 2.23. The number of rotatable bonds is 5. The van der Waals surface area contributed by atoms with Crippen molar-refractivity contribution in [1.82, 2.24) is 0 Å². The van der Waals surface area contributed by atoms with Gasteiger partial charge >= 0.3 is 0 Å². The molecule has 108 valence electrons. The van der Waals surface area contributed by atoms with Crippen molar-refractivity contribution in [3.05, 3.63) is 68.7 Å². The Morgan fingerprint density at radius 2 is 2.10 bits per heavy atom. The standard InChI is InChI=1S/C14H11ClN2O3S/c15-12-4-2-1-3-11(12)9-21-14-6-5-10(8-16-18)7-13(14)17(19)20/h1-8,18H,9H2. The van der Waals surface area contributed by atoms with Crippen LogP contribution in [0.25, 0.3) is 0 Å². The van der Waals surface area contributed by atoms with Gasteiger partial charge in [0, 0.05) is 22.4 Å². The summed E-state index contributed by atoms with van der Waals surface area (Å²) in [7, 11) is 0. The van der Waals surface area contributed by atoms with Gasteiger partial charge in [-0.25, -0.2) is 0 Å². The normalized spacial score (nSPS) is 10.9. The molecule has 2 aromatic rings. The van der Waals surface area contributed by atoms with Gasteiger partial charge in [-0.05, 0) is 17.7 Å². The lowest BCUT2D eigenvalue weighted by atomic mass is 10.2. The van der Waals surface area contributed by atoms with Gasteiger partial charge in [0.15, 0.2) is 0 Å². The third-order valence-corrected chi connectivity index (χ3v) is 4.21. The molecule has 21 heavy (non-hydrogen) atoms. The summed E-state index contributed by atoms with van der Waals surface area (Å²) >= 11 is 7.40. The van der Waals surface area contributed by atoms with Crippen LogP contribution in [0.4, 0.5) is 5.69 Å². The van der Waals surface area contributed by atoms with Crippen molar-refractivity contribution in [2.75, 3.05) is 0 Å². The van der Waals surface area contributed by atoms with Crippen molar-refractivity contribution in [2.24, 2.45) is 5.16 Å². The Labute approximate surface area is 130 Å². The molecule has 1 N–H and O–H groups in total. The van der Waals surface area contributed by atoms with E-state index >= 15 is 0 Å². The van der Waals surface area contributed by atoms with Crippen LogP contribution >= 0.6 is 23.4 Å². The molecule has 0 aromatic heterocycles. The third-order valence-electron chi connectivity index (χ3n) is 2.73. The van der Waals surface area contributed by atoms with Crippen molar-refractivity contribution in [3.8, 4) is 0 Å². The molecule has 2 aromatic carbocycles. The van der Waals surface area contributed by atoms with E-state index in [9.17, 15) is 10.1 Å². The molecule has 0 heterocycles. The summed E-state index contributed by atoms with van der Waals surface area (Å²) in [6.45, 7) is 0. The van der Waals surface area contributed by atoms with Crippen LogP contribution in [-0.2, 0) is 5.75 Å². The molecule has 0 radical (unpaired) electrons. The van der Waals surface area contributed by atoms with Gasteiger partial charge in [-0.2, -0.15) is 0 Å². The first-order valence-electron chi connectivity index (χ1n) is 5.94. The molecular formula is C14H11ClN2O3S. The van der Waals surface area contributed by atoms with E-state index in [1.54, 1.807) is 18.2 Å². The van der Waals surface area contributed by atoms with Crippen molar-refractivity contribution in [2.45, 2.75) is 10.6 Å². The fourth-order valence-electron chi connectivity index (χ4n) is 1.72. The van der Waals surface area contributed by atoms with Gasteiger partial charge in [0.05, 0.1) is 16.0 Å². The molecule has 0 aliphatic heterocycles. The van der Waals surface area contributed by atoms with E-state index in [1.807, 2.05) is 18.2 Å². The lowest BCUT2D eigenvalue weighted by molar-refractivity contribution is -0.387. The number of benzene rings is 2. The van der Waals surface area contributed by atoms with Crippen LogP contribution in [0.5, 0.6) is 0 Å². The number of nitro groups is 1. The number of oxime groups is 1. The highest BCUT2D eigenvalue weighted by Crippen LogP contribution is 2.33. The summed E-state index contributed by atoms with van der Waals surface area (Å²) in [5.74, 6) is 0.536. The number of hydrogen-bond donors (Lipinski definition) is 1. The summed E-state index contributed by atoms with van der Waals surface area (Å²) in [6.07, 6.45) is 1.15. The van der Waals surface area contributed by atoms with E-state index in [-0.39, 0.29) is 5.69 Å². The average Bonchev–Trinajstić information content (AvgIpc) is 2.47. The number of nitro benzene ring substituents is 1. The van der Waals surface area contributed by atoms with E-state index in [2.05, 4.69) is 5.16 Å². The number of nitrogens with zero attached hydrogens (tertiary/aromatic N) is 2. The summed E-state index contributed by atoms with van der Waals surface area (Å²) in [4.78, 5) is 11.2. The van der Waals surface area contributed by atoms with Crippen molar-refractivity contribution >= 4 is 35.3 Å². The maximum absolute atomic E-state index is 11.1. The third kappa shape index (κ3) is 3.96. The van der Waals surface area contributed by atoms with E-state index in [1.165, 1.54) is 17.8 Å². The second-order valence-corrected chi connectivity index (χ2v) is 5.53. The maximum atomic E-state index is 11.1. The van der Waals surface area contributed by atoms with Gasteiger partial charge in [0.1, 0.15) is 0 Å². The van der Waals surface area contributed by atoms with E-state index in [0.29, 0.717) is 21.2 Å². The van der Waals surface area contributed by atoms with Crippen LogP contribution in [-0.4, -0.2) is 16.3 Å². The first kappa shape index (κ1) is 15.3. The molecule has 0 atom stereocenters. The fourth-order valence-corrected chi connectivity index (χ4v) is 3.01. The highest BCUT2D eigenvalue weighted by atomic mass is 35.5. The van der Waals surface area contributed by atoms with E-state index in [4.69, 9.17) is 16.8 Å². The predicted octanol–water partition coefficient (Wildman–Crippen LogP) is 4.35. The topological polar surface area (TPSA) is 75.7 Å². The van der Waals surface area contributed by atoms with Gasteiger partial charge in [-0.15, -0.1) is 11.8 Å². The molecule has 0 saturated heterocycles. The SMILES string of the molecule is O=[N+]([O-])c1cc(C=NO)ccc1SCc1ccccc1Cl. The number of halogens is 1. The molecule has 0 aliphatic rings. The quantitative estimate of drug-likeness (QED) is 0.292. The molecule has 0 unspecified atom stereocenters. The van der Waals surface area contributed by atoms with Crippen molar-refractivity contribution in [1.29, 1.82) is 0 Å². The minimum Gasteiger partial charge on any atom is -0.411 e. The summed E-state index contributed by atoms with van der Waals surface area (Å²) in [6, 6.07) is 12.0. The first-order chi connectivity index (χ1) is 10.1. The zero-order chi connectivity index (χ0) is 15.2. The zero-order valence-electron chi connectivity index (χ0n) is 10.8. The van der Waals surface area contributed by atoms with Gasteiger partial charge in [0.25, 0.3) is 5.69 Å². The minimum absolute atomic E-state index is 0.0237. The largest absolute Gasteiger partial charge is 0.411 e. The lowest BCUT2D eigenvalue weighted by Crippen LogP contribution is -1.94. The van der Waals surface area contributed by atoms with Gasteiger partial charge < -0.3 is 5.21 Å². The van der Waals surface area contributed by atoms with Gasteiger partial charge in [0.2, 0.25) is 0 Å². The first-order valence-corrected chi connectivity index (χ1v) is 7.30. The van der Waals surface area contributed by atoms with Gasteiger partial charge in [-0.3, -0.25) is 10.1 Å². The summed E-state index contributed by atoms with van der Waals surface area (Å²) in [5.41, 5.74) is 1.36. The van der Waals surface area contributed by atoms with Gasteiger partial charge in [-0.1, -0.05) is 41.0 Å². The Morgan fingerprint density at radius 1 is 1.33 bits per heavy atom. The molecule has 0 bridgehead atoms. The Hall–Kier alpha value is -2.05. The molecule has 5 nitrogen and oxygen atoms in total. The van der Waals surface area contributed by atoms with Crippen LogP contribution in [0, 0.1) is 10.1 Å². The van der Waals surface area contributed by atoms with Crippen LogP contribution in [0.3, 0.4) is 0 Å². The average molecular weight is 323 g/mol. The van der Waals surface area contributed by atoms with Crippen LogP contribution < -0.4 is 0 Å². The van der Waals surface area contributed by atoms with E-state index < -0.39 is 4.92 Å². The molecule has 0 aliphatic carbocycles. The molecule has 2 rings (SSSR count). The molecule has 0 fully saturated rings. The Morgan fingerprint density at radius 3 is 2.76 bits per heavy atom. The van der Waals surface area contributed by atoms with Crippen LogP contribution in [0.15, 0.2) is 52.5 Å². The molecule has 0 amide bonds. The monoisotopic (exact) mass is 322 g/mol. The second kappa shape index (κ2) is 7.10. The van der Waals surface area contributed by atoms with Crippen LogP contribution in [0.2, 0.25) is 5.02 Å². The fraction of sp³-hybridized carbons (Fsp3) is 0.0714. The van der Waals surface area contributed by atoms with Crippen LogP contribution in [0.1, 0.15) is 11.1 Å². The molecular weight excluding hydrogens is 312 g/mol. The van der Waals surface area contributed by atoms with Crippen molar-refractivity contribution in [3.63, 3.8) is 0 Å². The number of hydrogen-bond acceptors (Lipinski definition) is 5. The maximum Gasteiger partial charge on any atom is 0.283 e. The Bertz CT molecular complexity index is 692. The molecule has 0 spiro atoms. The predicted molar refractivity (Wildman–Crippen MR) is 83.5 cm³/mol. The zero-order valence-corrected chi connectivity index (χ0v) is 12.3. The highest BCUT2D eigenvalue weighted by molar-refractivity contribution is 7.98. The molecule has 7 heteroatoms. The lowest BCUT2D eigenvalue weighted by Gasteiger charge is -2.05. The number of thioether (sulfide) groups is 1. The second-order valence-electron chi connectivity index (χ2n) is 4.11. The summed E-state index contributed by atoms with van der Waals surface area (Å²) in [5, 5.41) is 23.1. The van der Waals surface area contributed by atoms with E-state index in [0.717, 1.165) is 11.8 Å². The van der Waals surface area contributed by atoms with Crippen molar-refractivity contribution < 1.29 is 10.1 Å². The summed E-state index contributed by atoms with van der Waals surface area (Å²) < 4.78 is 0. The smallest absolute Gasteiger partial charge is 0.283 e. The highest BCUT2D eigenvalue weighted by Gasteiger charge is 2.15. The minimum atomic E-state index is -0.455. The Kier molecular flexibility index (Phi) is 5.19. The molecule has 0 saturated carbocycles.